The van der Waals surface area contributed by atoms with E-state index in [1.807, 2.05) is 0 Å². The molecule has 0 heterocycles. The monoisotopic (exact) mass is 424 g/mol. The fraction of sp³-hybridized carbons (Fsp3) is 0.167. The average Bonchev–Trinajstić information content (AvgIpc) is 2.66. The van der Waals surface area contributed by atoms with Crippen molar-refractivity contribution in [2.45, 2.75) is 11.8 Å². The van der Waals surface area contributed by atoms with Gasteiger partial charge < -0.3 is 4.74 Å². The SMILES string of the molecule is C=CCN(c1cc(C(=O)OC)ccc1Cl)S(=O)(=O)c1ccc(C)c([N+](=O)[O-])c1. The molecular weight excluding hydrogens is 408 g/mol. The first kappa shape index (κ1) is 21.4. The van der Waals surface area contributed by atoms with E-state index in [9.17, 15) is 23.3 Å². The highest BCUT2D eigenvalue weighted by molar-refractivity contribution is 7.92. The standard InChI is InChI=1S/C18H17ClN2O6S/c1-4-9-20(17-10-13(18(22)27-3)6-8-15(17)19)28(25,26)14-7-5-12(2)16(11-14)21(23)24/h4-8,10-11H,1,9H2,2-3H3. The van der Waals surface area contributed by atoms with Gasteiger partial charge in [-0.05, 0) is 31.2 Å². The Labute approximate surface area is 167 Å². The van der Waals surface area contributed by atoms with E-state index < -0.39 is 20.9 Å². The number of carbonyl (C=O) groups is 1. The van der Waals surface area contributed by atoms with Crippen molar-refractivity contribution in [2.75, 3.05) is 18.0 Å². The molecule has 0 fully saturated rings. The molecule has 0 unspecified atom stereocenters. The molecule has 28 heavy (non-hydrogen) atoms. The smallest absolute Gasteiger partial charge is 0.337 e. The molecular formula is C18H17ClN2O6S. The predicted molar refractivity (Wildman–Crippen MR) is 105 cm³/mol. The zero-order valence-electron chi connectivity index (χ0n) is 15.1. The summed E-state index contributed by atoms with van der Waals surface area (Å²) in [6, 6.07) is 7.64. The van der Waals surface area contributed by atoms with Crippen molar-refractivity contribution in [3.8, 4) is 0 Å². The van der Waals surface area contributed by atoms with Gasteiger partial charge in [0.25, 0.3) is 15.7 Å². The summed E-state index contributed by atoms with van der Waals surface area (Å²) in [5, 5.41) is 11.3. The summed E-state index contributed by atoms with van der Waals surface area (Å²) in [7, 11) is -3.04. The van der Waals surface area contributed by atoms with Gasteiger partial charge in [0, 0.05) is 11.6 Å². The van der Waals surface area contributed by atoms with Crippen molar-refractivity contribution in [3.63, 3.8) is 0 Å². The first-order valence-corrected chi connectivity index (χ1v) is 9.71. The Kier molecular flexibility index (Phi) is 6.42. The molecule has 0 aliphatic carbocycles. The largest absolute Gasteiger partial charge is 0.465 e. The molecule has 0 amide bonds. The van der Waals surface area contributed by atoms with Gasteiger partial charge in [0.2, 0.25) is 0 Å². The van der Waals surface area contributed by atoms with Crippen LogP contribution in [-0.4, -0.2) is 33.0 Å². The van der Waals surface area contributed by atoms with Crippen molar-refractivity contribution in [1.82, 2.24) is 0 Å². The lowest BCUT2D eigenvalue weighted by Gasteiger charge is -2.24. The minimum atomic E-state index is -4.24. The average molecular weight is 425 g/mol. The third-order valence-electron chi connectivity index (χ3n) is 3.90. The first-order chi connectivity index (χ1) is 13.1. The number of aryl methyl sites for hydroxylation is 1. The maximum Gasteiger partial charge on any atom is 0.337 e. The Bertz CT molecular complexity index is 1050. The Hall–Kier alpha value is -2.91. The number of halogens is 1. The van der Waals surface area contributed by atoms with Crippen LogP contribution in [0.15, 0.2) is 53.9 Å². The van der Waals surface area contributed by atoms with E-state index in [2.05, 4.69) is 11.3 Å². The molecule has 0 saturated carbocycles. The quantitative estimate of drug-likeness (QED) is 0.290. The lowest BCUT2D eigenvalue weighted by molar-refractivity contribution is -0.385. The molecule has 0 aliphatic rings. The van der Waals surface area contributed by atoms with Crippen molar-refractivity contribution < 1.29 is 22.9 Å². The van der Waals surface area contributed by atoms with Crippen LogP contribution in [0.4, 0.5) is 11.4 Å². The summed E-state index contributed by atoms with van der Waals surface area (Å²) in [5.74, 6) is -0.667. The highest BCUT2D eigenvalue weighted by Crippen LogP contribution is 2.33. The second-order valence-corrected chi connectivity index (χ2v) is 7.96. The van der Waals surface area contributed by atoms with Crippen molar-refractivity contribution >= 4 is 39.0 Å². The predicted octanol–water partition coefficient (Wildman–Crippen LogP) is 3.72. The normalized spacial score (nSPS) is 11.0. The number of esters is 1. The number of nitrogens with zero attached hydrogens (tertiary/aromatic N) is 2. The van der Waals surface area contributed by atoms with E-state index in [-0.39, 0.29) is 33.4 Å². The van der Waals surface area contributed by atoms with Gasteiger partial charge in [-0.15, -0.1) is 6.58 Å². The minimum absolute atomic E-state index is 0.0210. The number of sulfonamides is 1. The van der Waals surface area contributed by atoms with Gasteiger partial charge in [0.05, 0.1) is 39.7 Å². The van der Waals surface area contributed by atoms with Gasteiger partial charge in [-0.25, -0.2) is 13.2 Å². The molecule has 0 aliphatic heterocycles. The summed E-state index contributed by atoms with van der Waals surface area (Å²) < 4.78 is 32.0. The fourth-order valence-corrected chi connectivity index (χ4v) is 4.20. The number of hydrogen-bond acceptors (Lipinski definition) is 6. The van der Waals surface area contributed by atoms with E-state index in [0.717, 1.165) is 10.4 Å². The molecule has 0 spiro atoms. The highest BCUT2D eigenvalue weighted by atomic mass is 35.5. The van der Waals surface area contributed by atoms with Crippen molar-refractivity contribution in [2.24, 2.45) is 0 Å². The van der Waals surface area contributed by atoms with Gasteiger partial charge in [0.15, 0.2) is 0 Å². The summed E-state index contributed by atoms with van der Waals surface area (Å²) in [6.45, 7) is 4.88. The van der Waals surface area contributed by atoms with Crippen LogP contribution in [0.1, 0.15) is 15.9 Å². The molecule has 0 bridgehead atoms. The Morgan fingerprint density at radius 2 is 2.00 bits per heavy atom. The number of hydrogen-bond donors (Lipinski definition) is 0. The molecule has 2 rings (SSSR count). The van der Waals surface area contributed by atoms with Crippen LogP contribution in [0.3, 0.4) is 0 Å². The molecule has 10 heteroatoms. The summed E-state index contributed by atoms with van der Waals surface area (Å²) in [5.41, 5.74) is 0.118. The lowest BCUT2D eigenvalue weighted by atomic mass is 10.2. The number of methoxy groups -OCH3 is 1. The molecule has 2 aromatic rings. The molecule has 8 nitrogen and oxygen atoms in total. The van der Waals surface area contributed by atoms with Gasteiger partial charge in [-0.3, -0.25) is 14.4 Å². The molecule has 2 aromatic carbocycles. The number of ether oxygens (including phenoxy) is 1. The first-order valence-electron chi connectivity index (χ1n) is 7.90. The highest BCUT2D eigenvalue weighted by Gasteiger charge is 2.28. The third-order valence-corrected chi connectivity index (χ3v) is 5.99. The second-order valence-electron chi connectivity index (χ2n) is 5.69. The lowest BCUT2D eigenvalue weighted by Crippen LogP contribution is -2.31. The van der Waals surface area contributed by atoms with Gasteiger partial charge in [-0.2, -0.15) is 0 Å². The minimum Gasteiger partial charge on any atom is -0.465 e. The fourth-order valence-electron chi connectivity index (χ4n) is 2.47. The molecule has 0 aromatic heterocycles. The van der Waals surface area contributed by atoms with Crippen molar-refractivity contribution in [3.05, 3.63) is 75.3 Å². The van der Waals surface area contributed by atoms with E-state index in [4.69, 9.17) is 11.6 Å². The van der Waals surface area contributed by atoms with Gasteiger partial charge in [-0.1, -0.05) is 23.7 Å². The van der Waals surface area contributed by atoms with Crippen LogP contribution >= 0.6 is 11.6 Å². The van der Waals surface area contributed by atoms with Crippen LogP contribution in [0.5, 0.6) is 0 Å². The molecule has 0 N–H and O–H groups in total. The molecule has 0 saturated heterocycles. The van der Waals surface area contributed by atoms with Crippen LogP contribution < -0.4 is 4.31 Å². The molecule has 148 valence electrons. The number of benzene rings is 2. The van der Waals surface area contributed by atoms with Crippen molar-refractivity contribution in [1.29, 1.82) is 0 Å². The van der Waals surface area contributed by atoms with Crippen LogP contribution in [0.25, 0.3) is 0 Å². The second kappa shape index (κ2) is 8.41. The van der Waals surface area contributed by atoms with Gasteiger partial charge in [0.1, 0.15) is 0 Å². The van der Waals surface area contributed by atoms with Crippen LogP contribution in [-0.2, 0) is 14.8 Å². The van der Waals surface area contributed by atoms with Crippen LogP contribution in [0.2, 0.25) is 5.02 Å². The van der Waals surface area contributed by atoms with E-state index in [1.54, 1.807) is 0 Å². The van der Waals surface area contributed by atoms with Crippen LogP contribution in [0, 0.1) is 17.0 Å². The maximum absolute atomic E-state index is 13.2. The topological polar surface area (TPSA) is 107 Å². The Morgan fingerprint density at radius 3 is 2.57 bits per heavy atom. The van der Waals surface area contributed by atoms with E-state index in [1.165, 1.54) is 50.4 Å². The number of anilines is 1. The Morgan fingerprint density at radius 1 is 1.32 bits per heavy atom. The summed E-state index contributed by atoms with van der Waals surface area (Å²) in [6.07, 6.45) is 1.33. The number of nitro groups is 1. The molecule has 0 atom stereocenters. The summed E-state index contributed by atoms with van der Waals surface area (Å²) in [4.78, 5) is 22.0. The zero-order chi connectivity index (χ0) is 21.1. The summed E-state index contributed by atoms with van der Waals surface area (Å²) >= 11 is 6.17. The zero-order valence-corrected chi connectivity index (χ0v) is 16.7. The van der Waals surface area contributed by atoms with E-state index in [0.29, 0.717) is 5.56 Å². The Balaban J connectivity index is 2.66. The number of nitro benzene ring substituents is 1. The number of carbonyl (C=O) groups excluding carboxylic acids is 1. The molecule has 0 radical (unpaired) electrons. The third kappa shape index (κ3) is 4.15. The van der Waals surface area contributed by atoms with Gasteiger partial charge >= 0.3 is 5.97 Å². The number of rotatable bonds is 7. The maximum atomic E-state index is 13.2. The van der Waals surface area contributed by atoms with E-state index >= 15 is 0 Å².